The van der Waals surface area contributed by atoms with Crippen LogP contribution in [0.25, 0.3) is 10.8 Å². The van der Waals surface area contributed by atoms with E-state index in [2.05, 4.69) is 27.9 Å². The van der Waals surface area contributed by atoms with Gasteiger partial charge in [0, 0.05) is 49.3 Å². The molecular formula is C26H29N5O3. The number of hydrogen-bond donors (Lipinski definition) is 2. The number of hydrazine groups is 1. The largest absolute Gasteiger partial charge is 0.455 e. The summed E-state index contributed by atoms with van der Waals surface area (Å²) in [6.45, 7) is 5.24. The summed E-state index contributed by atoms with van der Waals surface area (Å²) >= 11 is 0. The van der Waals surface area contributed by atoms with E-state index in [1.54, 1.807) is 6.07 Å². The first kappa shape index (κ1) is 22.3. The Balaban J connectivity index is 1.35. The van der Waals surface area contributed by atoms with Gasteiger partial charge in [-0.05, 0) is 43.7 Å². The topological polar surface area (TPSA) is 90.2 Å². The second kappa shape index (κ2) is 9.40. The van der Waals surface area contributed by atoms with Gasteiger partial charge in [-0.25, -0.2) is 10.4 Å². The first-order chi connectivity index (χ1) is 16.5. The average molecular weight is 460 g/mol. The Morgan fingerprint density at radius 1 is 0.971 bits per heavy atom. The lowest BCUT2D eigenvalue weighted by atomic mass is 9.93. The molecule has 34 heavy (non-hydrogen) atoms. The van der Waals surface area contributed by atoms with Gasteiger partial charge in [0.2, 0.25) is 0 Å². The predicted molar refractivity (Wildman–Crippen MR) is 131 cm³/mol. The van der Waals surface area contributed by atoms with Gasteiger partial charge in [0.05, 0.1) is 5.71 Å². The summed E-state index contributed by atoms with van der Waals surface area (Å²) in [5.41, 5.74) is 8.63. The van der Waals surface area contributed by atoms with Gasteiger partial charge in [0.25, 0.3) is 5.91 Å². The Morgan fingerprint density at radius 2 is 1.74 bits per heavy atom. The molecule has 2 aliphatic rings. The molecule has 2 amide bonds. The molecule has 0 bridgehead atoms. The number of nitrogens with one attached hydrogen (secondary N) is 2. The van der Waals surface area contributed by atoms with E-state index in [4.69, 9.17) is 4.42 Å². The molecule has 0 radical (unpaired) electrons. The minimum absolute atomic E-state index is 0.240. The summed E-state index contributed by atoms with van der Waals surface area (Å²) in [5, 5.41) is 8.30. The lowest BCUT2D eigenvalue weighted by molar-refractivity contribution is 0.0634. The Morgan fingerprint density at radius 3 is 2.56 bits per heavy atom. The Labute approximate surface area is 198 Å². The molecule has 1 aliphatic heterocycles. The molecule has 5 rings (SSSR count). The highest BCUT2D eigenvalue weighted by molar-refractivity contribution is 6.09. The summed E-state index contributed by atoms with van der Waals surface area (Å²) < 4.78 is 6.00. The highest BCUT2D eigenvalue weighted by atomic mass is 16.4. The number of rotatable bonds is 4. The van der Waals surface area contributed by atoms with Crippen LogP contribution in [-0.2, 0) is 6.42 Å². The van der Waals surface area contributed by atoms with Crippen molar-refractivity contribution in [1.82, 2.24) is 20.8 Å². The molecular weight excluding hydrogens is 430 g/mol. The molecule has 1 fully saturated rings. The van der Waals surface area contributed by atoms with Crippen molar-refractivity contribution >= 4 is 28.3 Å². The van der Waals surface area contributed by atoms with E-state index in [9.17, 15) is 9.59 Å². The van der Waals surface area contributed by atoms with E-state index in [1.807, 2.05) is 48.3 Å². The predicted octanol–water partition coefficient (Wildman–Crippen LogP) is 3.10. The van der Waals surface area contributed by atoms with Crippen LogP contribution in [0.3, 0.4) is 0 Å². The van der Waals surface area contributed by atoms with Crippen LogP contribution in [0, 0.1) is 6.92 Å². The third-order valence-electron chi connectivity index (χ3n) is 6.62. The standard InChI is InChI=1S/C26H29N5O3/c1-17-23-21(27-28-25(32)20-10-5-8-18-7-3-4-9-19(18)20)11-6-12-22(23)34-24(17)26(33)29-31-15-13-30(2)14-16-31/h3-5,7-10H,6,11-16H2,1-2H3,(H,28,32)(H,29,33)/b27-21+. The number of aryl methyl sites for hydroxylation is 1. The molecule has 8 heteroatoms. The Hall–Kier alpha value is -3.49. The van der Waals surface area contributed by atoms with Crippen molar-refractivity contribution in [3.8, 4) is 0 Å². The SMILES string of the molecule is Cc1c(C(=O)NN2CCN(C)CC2)oc2c1/C(=N/NC(=O)c1cccc3ccccc13)CCC2. The number of furan rings is 1. The molecule has 0 atom stereocenters. The molecule has 2 heterocycles. The number of fused-ring (bicyclic) bond motifs is 2. The average Bonchev–Trinajstić information content (AvgIpc) is 3.20. The number of piperazine rings is 1. The number of likely N-dealkylation sites (N-methyl/N-ethyl adjacent to an activating group) is 1. The van der Waals surface area contributed by atoms with Crippen LogP contribution in [0.15, 0.2) is 52.0 Å². The Kier molecular flexibility index (Phi) is 6.17. The number of amides is 2. The van der Waals surface area contributed by atoms with E-state index in [0.29, 0.717) is 17.7 Å². The molecule has 1 saturated heterocycles. The van der Waals surface area contributed by atoms with Crippen LogP contribution in [0.2, 0.25) is 0 Å². The van der Waals surface area contributed by atoms with Gasteiger partial charge in [-0.2, -0.15) is 5.10 Å². The quantitative estimate of drug-likeness (QED) is 0.585. The molecule has 2 N–H and O–H groups in total. The van der Waals surface area contributed by atoms with Crippen molar-refractivity contribution in [1.29, 1.82) is 0 Å². The zero-order valence-electron chi connectivity index (χ0n) is 19.6. The number of hydrazone groups is 1. The molecule has 8 nitrogen and oxygen atoms in total. The molecule has 0 unspecified atom stereocenters. The fraction of sp³-hybridized carbons (Fsp3) is 0.346. The van der Waals surface area contributed by atoms with Crippen LogP contribution in [0.1, 0.15) is 50.6 Å². The molecule has 1 aromatic heterocycles. The number of nitrogens with zero attached hydrogens (tertiary/aromatic N) is 3. The van der Waals surface area contributed by atoms with Gasteiger partial charge in [-0.15, -0.1) is 0 Å². The molecule has 2 aromatic carbocycles. The molecule has 176 valence electrons. The van der Waals surface area contributed by atoms with Crippen molar-refractivity contribution in [2.24, 2.45) is 5.10 Å². The third-order valence-corrected chi connectivity index (χ3v) is 6.62. The minimum atomic E-state index is -0.259. The van der Waals surface area contributed by atoms with Gasteiger partial charge in [-0.3, -0.25) is 15.0 Å². The van der Waals surface area contributed by atoms with E-state index >= 15 is 0 Å². The lowest BCUT2D eigenvalue weighted by Gasteiger charge is -2.32. The monoisotopic (exact) mass is 459 g/mol. The van der Waals surface area contributed by atoms with Crippen molar-refractivity contribution in [2.45, 2.75) is 26.2 Å². The summed E-state index contributed by atoms with van der Waals surface area (Å²) in [7, 11) is 2.07. The van der Waals surface area contributed by atoms with Crippen LogP contribution in [0.4, 0.5) is 0 Å². The van der Waals surface area contributed by atoms with Crippen molar-refractivity contribution in [2.75, 3.05) is 33.2 Å². The van der Waals surface area contributed by atoms with E-state index in [0.717, 1.165) is 72.4 Å². The first-order valence-corrected chi connectivity index (χ1v) is 11.7. The zero-order valence-corrected chi connectivity index (χ0v) is 19.6. The first-order valence-electron chi connectivity index (χ1n) is 11.7. The van der Waals surface area contributed by atoms with Crippen molar-refractivity contribution in [3.63, 3.8) is 0 Å². The summed E-state index contributed by atoms with van der Waals surface area (Å²) in [6.07, 6.45) is 2.30. The Bertz CT molecular complexity index is 1270. The second-order valence-electron chi connectivity index (χ2n) is 8.97. The van der Waals surface area contributed by atoms with E-state index < -0.39 is 0 Å². The summed E-state index contributed by atoms with van der Waals surface area (Å²) in [4.78, 5) is 28.1. The highest BCUT2D eigenvalue weighted by Gasteiger charge is 2.29. The smallest absolute Gasteiger partial charge is 0.301 e. The summed E-state index contributed by atoms with van der Waals surface area (Å²) in [6, 6.07) is 13.4. The van der Waals surface area contributed by atoms with Gasteiger partial charge in [0.15, 0.2) is 5.76 Å². The fourth-order valence-corrected chi connectivity index (χ4v) is 4.71. The fourth-order valence-electron chi connectivity index (χ4n) is 4.71. The maximum atomic E-state index is 12.9. The molecule has 0 saturated carbocycles. The van der Waals surface area contributed by atoms with Crippen LogP contribution in [0.5, 0.6) is 0 Å². The van der Waals surface area contributed by atoms with Gasteiger partial charge >= 0.3 is 5.91 Å². The van der Waals surface area contributed by atoms with Crippen LogP contribution >= 0.6 is 0 Å². The third kappa shape index (κ3) is 4.34. The minimum Gasteiger partial charge on any atom is -0.455 e. The maximum Gasteiger partial charge on any atom is 0.301 e. The maximum absolute atomic E-state index is 12.9. The summed E-state index contributed by atoms with van der Waals surface area (Å²) in [5.74, 6) is 0.575. The van der Waals surface area contributed by atoms with Crippen LogP contribution in [-0.4, -0.2) is 60.7 Å². The van der Waals surface area contributed by atoms with Crippen molar-refractivity contribution < 1.29 is 14.0 Å². The van der Waals surface area contributed by atoms with E-state index in [1.165, 1.54) is 0 Å². The van der Waals surface area contributed by atoms with Gasteiger partial charge in [0.1, 0.15) is 5.76 Å². The number of carbonyl (C=O) groups excluding carboxylic acids is 2. The van der Waals surface area contributed by atoms with Gasteiger partial charge in [-0.1, -0.05) is 36.4 Å². The molecule has 1 aliphatic carbocycles. The molecule has 0 spiro atoms. The number of hydrogen-bond acceptors (Lipinski definition) is 6. The van der Waals surface area contributed by atoms with Gasteiger partial charge < -0.3 is 9.32 Å². The zero-order chi connectivity index (χ0) is 23.7. The highest BCUT2D eigenvalue weighted by Crippen LogP contribution is 2.30. The second-order valence-corrected chi connectivity index (χ2v) is 8.97. The normalized spacial score (nSPS) is 18.1. The number of carbonyl (C=O) groups is 2. The molecule has 3 aromatic rings. The van der Waals surface area contributed by atoms with Crippen molar-refractivity contribution in [3.05, 3.63) is 70.7 Å². The number of benzene rings is 2. The van der Waals surface area contributed by atoms with E-state index in [-0.39, 0.29) is 11.8 Å². The van der Waals surface area contributed by atoms with Crippen LogP contribution < -0.4 is 10.9 Å². The lowest BCUT2D eigenvalue weighted by Crippen LogP contribution is -2.52.